The summed E-state index contributed by atoms with van der Waals surface area (Å²) in [5, 5.41) is 6.98. The molecular formula is C18H23ClN2O. The van der Waals surface area contributed by atoms with Crippen molar-refractivity contribution in [1.29, 1.82) is 0 Å². The van der Waals surface area contributed by atoms with Crippen molar-refractivity contribution in [2.24, 2.45) is 0 Å². The Morgan fingerprint density at radius 2 is 1.77 bits per heavy atom. The van der Waals surface area contributed by atoms with Gasteiger partial charge in [-0.3, -0.25) is 0 Å². The number of hydrogen-bond acceptors (Lipinski definition) is 3. The molecule has 118 valence electrons. The smallest absolute Gasteiger partial charge is 0.119 e. The maximum Gasteiger partial charge on any atom is 0.119 e. The summed E-state index contributed by atoms with van der Waals surface area (Å²) in [6, 6.07) is 16.5. The van der Waals surface area contributed by atoms with Gasteiger partial charge in [0.1, 0.15) is 12.4 Å². The highest BCUT2D eigenvalue weighted by Gasteiger charge is 2.10. The second-order valence-electron chi connectivity index (χ2n) is 5.28. The monoisotopic (exact) mass is 318 g/mol. The molecule has 3 nitrogen and oxygen atoms in total. The van der Waals surface area contributed by atoms with Crippen LogP contribution in [0.4, 0.5) is 5.69 Å². The first-order chi connectivity index (χ1) is 10.4. The van der Waals surface area contributed by atoms with Gasteiger partial charge in [0.25, 0.3) is 0 Å². The number of para-hydroxylation sites is 1. The van der Waals surface area contributed by atoms with Crippen LogP contribution < -0.4 is 15.4 Å². The predicted molar refractivity (Wildman–Crippen MR) is 94.4 cm³/mol. The van der Waals surface area contributed by atoms with E-state index in [1.54, 1.807) is 0 Å². The van der Waals surface area contributed by atoms with Crippen LogP contribution in [0, 0.1) is 0 Å². The molecule has 0 saturated carbocycles. The van der Waals surface area contributed by atoms with Crippen molar-refractivity contribution < 1.29 is 4.74 Å². The third-order valence-electron chi connectivity index (χ3n) is 3.83. The van der Waals surface area contributed by atoms with Crippen LogP contribution >= 0.6 is 12.4 Å². The summed E-state index contributed by atoms with van der Waals surface area (Å²) in [7, 11) is 0. The number of anilines is 1. The van der Waals surface area contributed by atoms with Gasteiger partial charge in [-0.05, 0) is 55.3 Å². The lowest BCUT2D eigenvalue weighted by Crippen LogP contribution is -2.16. The standard InChI is InChI=1S/C18H22N2O.ClH/c1-2-6-16(7-3-1)21-14-13-20-18-8-4-5-15-9-11-19-12-10-17(15)18;/h1-8,19-20H,9-14H2;1H. The molecule has 1 aliphatic heterocycles. The molecule has 2 aromatic carbocycles. The molecule has 0 atom stereocenters. The minimum Gasteiger partial charge on any atom is -0.492 e. The van der Waals surface area contributed by atoms with E-state index < -0.39 is 0 Å². The number of rotatable bonds is 5. The lowest BCUT2D eigenvalue weighted by atomic mass is 10.0. The second kappa shape index (κ2) is 8.66. The molecule has 0 spiro atoms. The number of benzene rings is 2. The van der Waals surface area contributed by atoms with Gasteiger partial charge in [-0.15, -0.1) is 12.4 Å². The maximum absolute atomic E-state index is 5.72. The Labute approximate surface area is 138 Å². The van der Waals surface area contributed by atoms with E-state index >= 15 is 0 Å². The highest BCUT2D eigenvalue weighted by Crippen LogP contribution is 2.22. The fourth-order valence-electron chi connectivity index (χ4n) is 2.76. The van der Waals surface area contributed by atoms with Gasteiger partial charge in [0.2, 0.25) is 0 Å². The summed E-state index contributed by atoms with van der Waals surface area (Å²) in [6.07, 6.45) is 2.21. The number of nitrogens with one attached hydrogen (secondary N) is 2. The molecule has 2 N–H and O–H groups in total. The van der Waals surface area contributed by atoms with Gasteiger partial charge >= 0.3 is 0 Å². The van der Waals surface area contributed by atoms with E-state index in [9.17, 15) is 0 Å². The van der Waals surface area contributed by atoms with Crippen LogP contribution in [-0.2, 0) is 12.8 Å². The molecule has 0 aromatic heterocycles. The zero-order valence-corrected chi connectivity index (χ0v) is 13.5. The Morgan fingerprint density at radius 1 is 0.955 bits per heavy atom. The van der Waals surface area contributed by atoms with Crippen LogP contribution in [-0.4, -0.2) is 26.2 Å². The maximum atomic E-state index is 5.72. The summed E-state index contributed by atoms with van der Waals surface area (Å²) >= 11 is 0. The Morgan fingerprint density at radius 3 is 2.64 bits per heavy atom. The molecule has 4 heteroatoms. The van der Waals surface area contributed by atoms with E-state index in [-0.39, 0.29) is 12.4 Å². The number of hydrogen-bond donors (Lipinski definition) is 2. The van der Waals surface area contributed by atoms with E-state index in [0.717, 1.165) is 38.2 Å². The third kappa shape index (κ3) is 4.39. The lowest BCUT2D eigenvalue weighted by Gasteiger charge is -2.14. The highest BCUT2D eigenvalue weighted by atomic mass is 35.5. The van der Waals surface area contributed by atoms with Gasteiger partial charge < -0.3 is 15.4 Å². The van der Waals surface area contributed by atoms with Crippen molar-refractivity contribution in [3.63, 3.8) is 0 Å². The first kappa shape index (κ1) is 16.7. The molecule has 0 unspecified atom stereocenters. The summed E-state index contributed by atoms with van der Waals surface area (Å²) in [5.41, 5.74) is 4.18. The Hall–Kier alpha value is -1.71. The van der Waals surface area contributed by atoms with Crippen molar-refractivity contribution >= 4 is 18.1 Å². The molecular weight excluding hydrogens is 296 g/mol. The van der Waals surface area contributed by atoms with Crippen molar-refractivity contribution in [3.05, 3.63) is 59.7 Å². The molecule has 0 radical (unpaired) electrons. The Bertz CT molecular complexity index is 575. The largest absolute Gasteiger partial charge is 0.492 e. The third-order valence-corrected chi connectivity index (χ3v) is 3.83. The summed E-state index contributed by atoms with van der Waals surface area (Å²) in [4.78, 5) is 0. The van der Waals surface area contributed by atoms with Gasteiger partial charge in [0.05, 0.1) is 0 Å². The average Bonchev–Trinajstić information content (AvgIpc) is 2.78. The molecule has 0 saturated heterocycles. The minimum absolute atomic E-state index is 0. The quantitative estimate of drug-likeness (QED) is 0.830. The molecule has 3 rings (SSSR count). The second-order valence-corrected chi connectivity index (χ2v) is 5.28. The van der Waals surface area contributed by atoms with Crippen LogP contribution in [0.3, 0.4) is 0 Å². The zero-order valence-electron chi connectivity index (χ0n) is 12.7. The van der Waals surface area contributed by atoms with E-state index in [2.05, 4.69) is 28.8 Å². The van der Waals surface area contributed by atoms with E-state index in [1.807, 2.05) is 30.3 Å². The van der Waals surface area contributed by atoms with Crippen molar-refractivity contribution in [2.75, 3.05) is 31.6 Å². The van der Waals surface area contributed by atoms with Crippen LogP contribution in [0.1, 0.15) is 11.1 Å². The molecule has 1 heterocycles. The van der Waals surface area contributed by atoms with Crippen molar-refractivity contribution in [2.45, 2.75) is 12.8 Å². The van der Waals surface area contributed by atoms with E-state index in [0.29, 0.717) is 6.61 Å². The van der Waals surface area contributed by atoms with Crippen LogP contribution in [0.2, 0.25) is 0 Å². The summed E-state index contributed by atoms with van der Waals surface area (Å²) < 4.78 is 5.72. The molecule has 0 aliphatic carbocycles. The number of fused-ring (bicyclic) bond motifs is 1. The Kier molecular flexibility index (Phi) is 6.56. The SMILES string of the molecule is Cl.c1ccc(OCCNc2cccc3c2CCNCC3)cc1. The van der Waals surface area contributed by atoms with Gasteiger partial charge in [-0.1, -0.05) is 30.3 Å². The van der Waals surface area contributed by atoms with Crippen LogP contribution in [0.25, 0.3) is 0 Å². The fraction of sp³-hybridized carbons (Fsp3) is 0.333. The topological polar surface area (TPSA) is 33.3 Å². The van der Waals surface area contributed by atoms with Crippen molar-refractivity contribution in [3.8, 4) is 5.75 Å². The molecule has 0 fully saturated rings. The summed E-state index contributed by atoms with van der Waals surface area (Å²) in [5.74, 6) is 0.926. The average molecular weight is 319 g/mol. The highest BCUT2D eigenvalue weighted by molar-refractivity contribution is 5.85. The van der Waals surface area contributed by atoms with Crippen LogP contribution in [0.5, 0.6) is 5.75 Å². The fourth-order valence-corrected chi connectivity index (χ4v) is 2.76. The first-order valence-corrected chi connectivity index (χ1v) is 7.67. The molecule has 0 bridgehead atoms. The normalized spacial score (nSPS) is 13.5. The first-order valence-electron chi connectivity index (χ1n) is 7.67. The van der Waals surface area contributed by atoms with E-state index in [4.69, 9.17) is 4.74 Å². The van der Waals surface area contributed by atoms with Gasteiger partial charge in [-0.25, -0.2) is 0 Å². The molecule has 0 amide bonds. The number of ether oxygens (including phenoxy) is 1. The van der Waals surface area contributed by atoms with Gasteiger partial charge in [0.15, 0.2) is 0 Å². The van der Waals surface area contributed by atoms with Crippen molar-refractivity contribution in [1.82, 2.24) is 5.32 Å². The lowest BCUT2D eigenvalue weighted by molar-refractivity contribution is 0.333. The number of halogens is 1. The Balaban J connectivity index is 0.00000176. The predicted octanol–water partition coefficient (Wildman–Crippen LogP) is 3.29. The van der Waals surface area contributed by atoms with Crippen LogP contribution in [0.15, 0.2) is 48.5 Å². The van der Waals surface area contributed by atoms with E-state index in [1.165, 1.54) is 16.8 Å². The van der Waals surface area contributed by atoms with Gasteiger partial charge in [0, 0.05) is 12.2 Å². The molecule has 2 aromatic rings. The molecule has 1 aliphatic rings. The molecule has 22 heavy (non-hydrogen) atoms. The zero-order chi connectivity index (χ0) is 14.3. The van der Waals surface area contributed by atoms with Gasteiger partial charge in [-0.2, -0.15) is 0 Å². The summed E-state index contributed by atoms with van der Waals surface area (Å²) in [6.45, 7) is 3.63. The minimum atomic E-state index is 0.